The van der Waals surface area contributed by atoms with Gasteiger partial charge in [0.2, 0.25) is 5.91 Å². The van der Waals surface area contributed by atoms with Gasteiger partial charge in [0, 0.05) is 13.0 Å². The molecule has 1 aromatic rings. The predicted octanol–water partition coefficient (Wildman–Crippen LogP) is 1.77. The molecule has 1 aliphatic heterocycles. The summed E-state index contributed by atoms with van der Waals surface area (Å²) in [6.07, 6.45) is 0.462. The highest BCUT2D eigenvalue weighted by molar-refractivity contribution is 7.65. The standard InChI is InChI=1S/C11H14NO3P/c1-2-15-16(14,12-9-8-11(12)13)10-6-4-3-5-7-10/h3-7H,2,8-9H2,1H3. The molecule has 0 radical (unpaired) electrons. The summed E-state index contributed by atoms with van der Waals surface area (Å²) in [7, 11) is -3.15. The van der Waals surface area contributed by atoms with Gasteiger partial charge in [0.1, 0.15) is 0 Å². The number of carbonyl (C=O) groups is 1. The normalized spacial score (nSPS) is 19.1. The zero-order valence-corrected chi connectivity index (χ0v) is 10.0. The molecule has 1 saturated heterocycles. The van der Waals surface area contributed by atoms with Crippen LogP contribution in [0.3, 0.4) is 0 Å². The number of benzene rings is 1. The largest absolute Gasteiger partial charge is 0.328 e. The molecular weight excluding hydrogens is 225 g/mol. The topological polar surface area (TPSA) is 46.6 Å². The summed E-state index contributed by atoms with van der Waals surface area (Å²) in [4.78, 5) is 11.4. The van der Waals surface area contributed by atoms with E-state index >= 15 is 0 Å². The second kappa shape index (κ2) is 4.40. The lowest BCUT2D eigenvalue weighted by molar-refractivity contribution is -0.133. The highest BCUT2D eigenvalue weighted by Crippen LogP contribution is 2.52. The van der Waals surface area contributed by atoms with Gasteiger partial charge in [-0.1, -0.05) is 18.2 Å². The average Bonchev–Trinajstić information content (AvgIpc) is 2.28. The third-order valence-electron chi connectivity index (χ3n) is 2.53. The smallest absolute Gasteiger partial charge is 0.310 e. The van der Waals surface area contributed by atoms with Crippen LogP contribution in [0.15, 0.2) is 30.3 Å². The molecule has 5 heteroatoms. The highest BCUT2D eigenvalue weighted by Gasteiger charge is 2.42. The SMILES string of the molecule is CCOP(=O)(c1ccccc1)N1CCC1=O. The maximum absolute atomic E-state index is 12.7. The molecule has 0 aliphatic carbocycles. The molecule has 2 rings (SSSR count). The Balaban J connectivity index is 2.36. The van der Waals surface area contributed by atoms with Gasteiger partial charge in [-0.05, 0) is 19.1 Å². The van der Waals surface area contributed by atoms with Crippen molar-refractivity contribution in [3.63, 3.8) is 0 Å². The number of β-lactam (4-membered cyclic amide) rings is 1. The number of hydrogen-bond acceptors (Lipinski definition) is 3. The summed E-state index contributed by atoms with van der Waals surface area (Å²) in [6.45, 7) is 2.63. The molecule has 0 N–H and O–H groups in total. The van der Waals surface area contributed by atoms with Crippen LogP contribution in [-0.4, -0.2) is 23.7 Å². The Morgan fingerprint density at radius 1 is 1.38 bits per heavy atom. The van der Waals surface area contributed by atoms with E-state index < -0.39 is 7.52 Å². The molecule has 0 aromatic heterocycles. The first-order valence-corrected chi connectivity index (χ1v) is 6.87. The van der Waals surface area contributed by atoms with Gasteiger partial charge in [0.15, 0.2) is 0 Å². The molecule has 86 valence electrons. The maximum Gasteiger partial charge on any atom is 0.328 e. The van der Waals surface area contributed by atoms with Gasteiger partial charge in [-0.15, -0.1) is 0 Å². The molecule has 4 nitrogen and oxygen atoms in total. The van der Waals surface area contributed by atoms with Crippen LogP contribution < -0.4 is 5.30 Å². The molecular formula is C11H14NO3P. The summed E-state index contributed by atoms with van der Waals surface area (Å²) in [6, 6.07) is 8.91. The van der Waals surface area contributed by atoms with Gasteiger partial charge in [-0.25, -0.2) is 0 Å². The van der Waals surface area contributed by atoms with E-state index in [0.29, 0.717) is 24.9 Å². The van der Waals surface area contributed by atoms with Crippen molar-refractivity contribution >= 4 is 18.7 Å². The molecule has 1 fully saturated rings. The molecule has 0 bridgehead atoms. The Hall–Kier alpha value is -1.12. The van der Waals surface area contributed by atoms with Crippen LogP contribution in [0, 0.1) is 0 Å². The number of rotatable bonds is 4. The first-order chi connectivity index (χ1) is 7.68. The molecule has 16 heavy (non-hydrogen) atoms. The summed E-state index contributed by atoms with van der Waals surface area (Å²) >= 11 is 0. The summed E-state index contributed by atoms with van der Waals surface area (Å²) in [5.74, 6) is -0.0966. The highest BCUT2D eigenvalue weighted by atomic mass is 31.2. The number of amides is 1. The van der Waals surface area contributed by atoms with Crippen molar-refractivity contribution in [2.45, 2.75) is 13.3 Å². The van der Waals surface area contributed by atoms with Crippen molar-refractivity contribution in [1.82, 2.24) is 4.67 Å². The van der Waals surface area contributed by atoms with Crippen LogP contribution in [0.1, 0.15) is 13.3 Å². The van der Waals surface area contributed by atoms with Crippen LogP contribution in [0.2, 0.25) is 0 Å². The maximum atomic E-state index is 12.7. The Morgan fingerprint density at radius 3 is 2.50 bits per heavy atom. The molecule has 1 atom stereocenters. The van der Waals surface area contributed by atoms with E-state index in [1.54, 1.807) is 31.2 Å². The van der Waals surface area contributed by atoms with Crippen LogP contribution in [0.25, 0.3) is 0 Å². The Labute approximate surface area is 94.7 Å². The third kappa shape index (κ3) is 1.79. The van der Waals surface area contributed by atoms with E-state index in [9.17, 15) is 9.36 Å². The van der Waals surface area contributed by atoms with E-state index in [1.165, 1.54) is 4.67 Å². The molecule has 1 unspecified atom stereocenters. The molecule has 1 aromatic carbocycles. The Kier molecular flexibility index (Phi) is 3.13. The Morgan fingerprint density at radius 2 is 2.06 bits per heavy atom. The van der Waals surface area contributed by atoms with Crippen LogP contribution in [0.4, 0.5) is 0 Å². The van der Waals surface area contributed by atoms with Crippen LogP contribution in [0.5, 0.6) is 0 Å². The van der Waals surface area contributed by atoms with Crippen molar-refractivity contribution < 1.29 is 13.9 Å². The van der Waals surface area contributed by atoms with Gasteiger partial charge >= 0.3 is 7.52 Å². The van der Waals surface area contributed by atoms with E-state index in [-0.39, 0.29) is 5.91 Å². The molecule has 1 heterocycles. The minimum absolute atomic E-state index is 0.0966. The lowest BCUT2D eigenvalue weighted by Crippen LogP contribution is -2.43. The predicted molar refractivity (Wildman–Crippen MR) is 61.6 cm³/mol. The minimum atomic E-state index is -3.15. The monoisotopic (exact) mass is 239 g/mol. The first-order valence-electron chi connectivity index (χ1n) is 5.29. The fourth-order valence-corrected chi connectivity index (χ4v) is 3.88. The van der Waals surface area contributed by atoms with Gasteiger partial charge in [0.25, 0.3) is 0 Å². The second-order valence-electron chi connectivity index (χ2n) is 3.54. The Bertz CT molecular complexity index is 432. The summed E-state index contributed by atoms with van der Waals surface area (Å²) in [5.41, 5.74) is 0. The van der Waals surface area contributed by atoms with Gasteiger partial charge < -0.3 is 4.52 Å². The van der Waals surface area contributed by atoms with Gasteiger partial charge in [-0.2, -0.15) is 0 Å². The van der Waals surface area contributed by atoms with E-state index in [4.69, 9.17) is 4.52 Å². The zero-order valence-electron chi connectivity index (χ0n) is 9.13. The van der Waals surface area contributed by atoms with Crippen molar-refractivity contribution in [1.29, 1.82) is 0 Å². The molecule has 1 amide bonds. The second-order valence-corrected chi connectivity index (χ2v) is 5.84. The van der Waals surface area contributed by atoms with Gasteiger partial charge in [-0.3, -0.25) is 14.0 Å². The number of carbonyl (C=O) groups excluding carboxylic acids is 1. The fraction of sp³-hybridized carbons (Fsp3) is 0.364. The third-order valence-corrected chi connectivity index (χ3v) is 5.15. The number of nitrogens with zero attached hydrogens (tertiary/aromatic N) is 1. The van der Waals surface area contributed by atoms with E-state index in [1.807, 2.05) is 6.07 Å². The molecule has 0 saturated carbocycles. The molecule has 0 spiro atoms. The van der Waals surface area contributed by atoms with Crippen LogP contribution >= 0.6 is 7.52 Å². The fourth-order valence-electron chi connectivity index (χ4n) is 1.66. The lowest BCUT2D eigenvalue weighted by atomic mass is 10.3. The van der Waals surface area contributed by atoms with Crippen molar-refractivity contribution in [3.8, 4) is 0 Å². The number of hydrogen-bond donors (Lipinski definition) is 0. The zero-order chi connectivity index (χ0) is 11.6. The van der Waals surface area contributed by atoms with Gasteiger partial charge in [0.05, 0.1) is 11.9 Å². The minimum Gasteiger partial charge on any atom is -0.310 e. The lowest BCUT2D eigenvalue weighted by Gasteiger charge is -2.36. The van der Waals surface area contributed by atoms with E-state index in [0.717, 1.165) is 0 Å². The van der Waals surface area contributed by atoms with Crippen molar-refractivity contribution in [3.05, 3.63) is 30.3 Å². The first kappa shape index (κ1) is 11.4. The quantitative estimate of drug-likeness (QED) is 0.594. The summed E-state index contributed by atoms with van der Waals surface area (Å²) < 4.78 is 19.4. The average molecular weight is 239 g/mol. The van der Waals surface area contributed by atoms with Crippen molar-refractivity contribution in [2.24, 2.45) is 0 Å². The van der Waals surface area contributed by atoms with Crippen LogP contribution in [-0.2, 0) is 13.9 Å². The molecule has 1 aliphatic rings. The summed E-state index contributed by atoms with van der Waals surface area (Å²) in [5, 5.41) is 0.588. The van der Waals surface area contributed by atoms with E-state index in [2.05, 4.69) is 0 Å². The van der Waals surface area contributed by atoms with Crippen molar-refractivity contribution in [2.75, 3.05) is 13.2 Å².